The molecule has 0 amide bonds. The highest BCUT2D eigenvalue weighted by Gasteiger charge is 2.30. The molecule has 0 saturated carbocycles. The van der Waals surface area contributed by atoms with Crippen LogP contribution < -0.4 is 0 Å². The molecule has 0 aliphatic rings. The zero-order valence-electron chi connectivity index (χ0n) is 9.49. The van der Waals surface area contributed by atoms with E-state index in [1.165, 1.54) is 6.92 Å². The highest BCUT2D eigenvalue weighted by atomic mass is 79.9. The number of rotatable bonds is 4. The van der Waals surface area contributed by atoms with E-state index >= 15 is 0 Å². The number of benzene rings is 1. The number of carbonyl (C=O) groups excluding carboxylic acids is 1. The molecule has 1 rings (SSSR count). The van der Waals surface area contributed by atoms with Crippen LogP contribution in [0, 0.1) is 0 Å². The minimum absolute atomic E-state index is 0.228. The summed E-state index contributed by atoms with van der Waals surface area (Å²) in [5.41, 5.74) is -5.06. The summed E-state index contributed by atoms with van der Waals surface area (Å²) in [6, 6.07) is 2.97. The first-order valence-electron chi connectivity index (χ1n) is 4.93. The van der Waals surface area contributed by atoms with Crippen molar-refractivity contribution in [2.75, 3.05) is 0 Å². The molecule has 1 N–H and O–H groups in total. The van der Waals surface area contributed by atoms with Gasteiger partial charge in [-0.2, -0.15) is 13.2 Å². The molecule has 0 aromatic heterocycles. The van der Waals surface area contributed by atoms with E-state index in [-0.39, 0.29) is 16.0 Å². The molecule has 0 heterocycles. The van der Waals surface area contributed by atoms with Gasteiger partial charge in [-0.25, -0.2) is 4.79 Å². The molecule has 0 aliphatic heterocycles. The predicted octanol–water partition coefficient (Wildman–Crippen LogP) is 3.96. The molecule has 8 heteroatoms. The summed E-state index contributed by atoms with van der Waals surface area (Å²) in [4.78, 5) is 21.8. The van der Waals surface area contributed by atoms with E-state index < -0.39 is 33.8 Å². The maximum Gasteiger partial charge on any atom is 0.446 e. The van der Waals surface area contributed by atoms with Gasteiger partial charge in [0.05, 0.1) is 10.4 Å². The average Bonchev–Trinajstić information content (AvgIpc) is 2.25. The zero-order chi connectivity index (χ0) is 14.8. The summed E-state index contributed by atoms with van der Waals surface area (Å²) in [5.74, 6) is -1.94. The molecule has 0 aliphatic carbocycles. The second-order valence-electron chi connectivity index (χ2n) is 3.54. The van der Waals surface area contributed by atoms with Gasteiger partial charge in [-0.15, -0.1) is 0 Å². The maximum absolute atomic E-state index is 12.2. The van der Waals surface area contributed by atoms with Gasteiger partial charge in [0.25, 0.3) is 0 Å². The molecule has 3 nitrogen and oxygen atoms in total. The lowest BCUT2D eigenvalue weighted by Gasteiger charge is -2.10. The maximum atomic E-state index is 12.2. The highest BCUT2D eigenvalue weighted by molar-refractivity contribution is 9.10. The van der Waals surface area contributed by atoms with Crippen molar-refractivity contribution in [3.63, 3.8) is 0 Å². The Morgan fingerprint density at radius 3 is 2.32 bits per heavy atom. The van der Waals surface area contributed by atoms with Crippen molar-refractivity contribution < 1.29 is 27.9 Å². The Bertz CT molecular complexity index is 514. The van der Waals surface area contributed by atoms with E-state index in [2.05, 4.69) is 15.9 Å². The summed E-state index contributed by atoms with van der Waals surface area (Å²) < 4.78 is 36.7. The van der Waals surface area contributed by atoms with Crippen molar-refractivity contribution in [3.05, 3.63) is 29.3 Å². The molecule has 104 valence electrons. The Balaban J connectivity index is 3.26. The SMILES string of the molecule is CC(Br)C(=O)c1cc(SC(F)(F)F)ccc1C(=O)O. The Labute approximate surface area is 119 Å². The van der Waals surface area contributed by atoms with Crippen molar-refractivity contribution in [2.45, 2.75) is 22.2 Å². The number of halogens is 4. The van der Waals surface area contributed by atoms with Crippen LogP contribution in [0.1, 0.15) is 27.6 Å². The van der Waals surface area contributed by atoms with Crippen LogP contribution >= 0.6 is 27.7 Å². The van der Waals surface area contributed by atoms with Gasteiger partial charge in [-0.3, -0.25) is 4.79 Å². The number of carboxylic acids is 1. The summed E-state index contributed by atoms with van der Waals surface area (Å²) >= 11 is 2.58. The topological polar surface area (TPSA) is 54.4 Å². The highest BCUT2D eigenvalue weighted by Crippen LogP contribution is 2.37. The molecule has 0 spiro atoms. The van der Waals surface area contributed by atoms with E-state index in [1.807, 2.05) is 0 Å². The molecule has 0 saturated heterocycles. The van der Waals surface area contributed by atoms with Gasteiger partial charge in [0.15, 0.2) is 5.78 Å². The standard InChI is InChI=1S/C11H8BrF3O3S/c1-5(12)9(16)8-4-6(19-11(13,14)15)2-3-7(8)10(17)18/h2-5H,1H3,(H,17,18). The first-order chi connectivity index (χ1) is 8.61. The lowest BCUT2D eigenvalue weighted by atomic mass is 10.0. The monoisotopic (exact) mass is 356 g/mol. The van der Waals surface area contributed by atoms with Gasteiger partial charge in [0, 0.05) is 10.5 Å². The third-order valence-electron chi connectivity index (χ3n) is 2.08. The number of Topliss-reactive ketones (excluding diaryl/α,β-unsaturated/α-hetero) is 1. The van der Waals surface area contributed by atoms with E-state index in [1.54, 1.807) is 0 Å². The minimum Gasteiger partial charge on any atom is -0.478 e. The number of carbonyl (C=O) groups is 2. The van der Waals surface area contributed by atoms with Crippen LogP contribution in [0.5, 0.6) is 0 Å². The van der Waals surface area contributed by atoms with Crippen LogP contribution in [0.3, 0.4) is 0 Å². The second-order valence-corrected chi connectivity index (χ2v) is 6.05. The van der Waals surface area contributed by atoms with Crippen molar-refractivity contribution in [1.29, 1.82) is 0 Å². The number of aromatic carboxylic acids is 1. The van der Waals surface area contributed by atoms with Crippen LogP contribution in [0.2, 0.25) is 0 Å². The van der Waals surface area contributed by atoms with Crippen molar-refractivity contribution in [3.8, 4) is 0 Å². The molecule has 1 aromatic carbocycles. The van der Waals surface area contributed by atoms with Crippen molar-refractivity contribution >= 4 is 39.4 Å². The van der Waals surface area contributed by atoms with E-state index in [0.717, 1.165) is 18.2 Å². The number of ketones is 1. The van der Waals surface area contributed by atoms with Crippen LogP contribution in [-0.4, -0.2) is 27.2 Å². The second kappa shape index (κ2) is 5.96. The Kier molecular flexibility index (Phi) is 5.03. The minimum atomic E-state index is -4.49. The molecule has 0 bridgehead atoms. The molecule has 0 fully saturated rings. The van der Waals surface area contributed by atoms with Crippen LogP contribution in [-0.2, 0) is 0 Å². The first kappa shape index (κ1) is 16.0. The molecule has 0 radical (unpaired) electrons. The Morgan fingerprint density at radius 1 is 1.32 bits per heavy atom. The summed E-state index contributed by atoms with van der Waals surface area (Å²) in [6.07, 6.45) is 0. The van der Waals surface area contributed by atoms with Crippen LogP contribution in [0.25, 0.3) is 0 Å². The predicted molar refractivity (Wildman–Crippen MR) is 68.0 cm³/mol. The fourth-order valence-corrected chi connectivity index (χ4v) is 2.15. The van der Waals surface area contributed by atoms with Gasteiger partial charge >= 0.3 is 11.5 Å². The summed E-state index contributed by atoms with van der Waals surface area (Å²) in [5, 5.41) is 8.92. The Hall–Kier alpha value is -1.02. The molecular formula is C11H8BrF3O3S. The Morgan fingerprint density at radius 2 is 1.89 bits per heavy atom. The van der Waals surface area contributed by atoms with E-state index in [0.29, 0.717) is 0 Å². The number of carboxylic acid groups (broad SMARTS) is 1. The quantitative estimate of drug-likeness (QED) is 0.504. The van der Waals surface area contributed by atoms with Gasteiger partial charge in [-0.1, -0.05) is 15.9 Å². The number of thioether (sulfide) groups is 1. The van der Waals surface area contributed by atoms with Crippen LogP contribution in [0.4, 0.5) is 13.2 Å². The fourth-order valence-electron chi connectivity index (χ4n) is 1.33. The van der Waals surface area contributed by atoms with Gasteiger partial charge in [0.2, 0.25) is 0 Å². The van der Waals surface area contributed by atoms with Crippen molar-refractivity contribution in [1.82, 2.24) is 0 Å². The normalized spacial score (nSPS) is 13.1. The fraction of sp³-hybridized carbons (Fsp3) is 0.273. The lowest BCUT2D eigenvalue weighted by molar-refractivity contribution is -0.0328. The van der Waals surface area contributed by atoms with E-state index in [4.69, 9.17) is 5.11 Å². The summed E-state index contributed by atoms with van der Waals surface area (Å²) in [7, 11) is 0. The first-order valence-corrected chi connectivity index (χ1v) is 6.66. The smallest absolute Gasteiger partial charge is 0.446 e. The van der Waals surface area contributed by atoms with E-state index in [9.17, 15) is 22.8 Å². The average molecular weight is 357 g/mol. The summed E-state index contributed by atoms with van der Waals surface area (Å²) in [6.45, 7) is 1.47. The van der Waals surface area contributed by atoms with Gasteiger partial charge < -0.3 is 5.11 Å². The largest absolute Gasteiger partial charge is 0.478 e. The van der Waals surface area contributed by atoms with Gasteiger partial charge in [0.1, 0.15) is 0 Å². The molecule has 1 atom stereocenters. The third kappa shape index (κ3) is 4.54. The molecule has 1 unspecified atom stereocenters. The third-order valence-corrected chi connectivity index (χ3v) is 3.22. The number of alkyl halides is 4. The number of hydrogen-bond acceptors (Lipinski definition) is 3. The van der Waals surface area contributed by atoms with Crippen LogP contribution in [0.15, 0.2) is 23.1 Å². The van der Waals surface area contributed by atoms with Crippen molar-refractivity contribution in [2.24, 2.45) is 0 Å². The number of hydrogen-bond donors (Lipinski definition) is 1. The molecular weight excluding hydrogens is 349 g/mol. The van der Waals surface area contributed by atoms with Gasteiger partial charge in [-0.05, 0) is 36.9 Å². The molecule has 1 aromatic rings. The molecule has 19 heavy (non-hydrogen) atoms. The zero-order valence-corrected chi connectivity index (χ0v) is 11.9. The lowest BCUT2D eigenvalue weighted by Crippen LogP contribution is -2.15.